The average Bonchev–Trinajstić information content (AvgIpc) is 3.14. The van der Waals surface area contributed by atoms with Gasteiger partial charge in [0.2, 0.25) is 0 Å². The first kappa shape index (κ1) is 24.9. The number of nitrogens with zero attached hydrogens (tertiary/aromatic N) is 1. The van der Waals surface area contributed by atoms with Crippen LogP contribution in [0.15, 0.2) is 48.5 Å². The molecule has 2 aromatic rings. The molecule has 3 aliphatic heterocycles. The summed E-state index contributed by atoms with van der Waals surface area (Å²) in [7, 11) is 0. The molecule has 1 N–H and O–H groups in total. The standard InChI is InChI=1S/C29H34F2N2O3/c30-23-10-11-24(31)25(18-23)32-27(34)20-33-16-12-21(13-17-33)26(19-33)36-28(35)29(14-6-1-2-7-15-29)22-8-4-3-5-9-22/h3-5,8-11,18,21,26H,1-2,6-7,12-17,19-20H2/p+1/t21?,26-,33?/m0/s1. The van der Waals surface area contributed by atoms with Gasteiger partial charge in [0.15, 0.2) is 12.6 Å². The van der Waals surface area contributed by atoms with Crippen LogP contribution in [0.2, 0.25) is 0 Å². The van der Waals surface area contributed by atoms with Crippen molar-refractivity contribution in [3.63, 3.8) is 0 Å². The van der Waals surface area contributed by atoms with Crippen LogP contribution in [0.3, 0.4) is 0 Å². The predicted octanol–water partition coefficient (Wildman–Crippen LogP) is 5.35. The van der Waals surface area contributed by atoms with Crippen LogP contribution in [0, 0.1) is 17.6 Å². The van der Waals surface area contributed by atoms with E-state index in [0.29, 0.717) is 16.9 Å². The highest BCUT2D eigenvalue weighted by Gasteiger charge is 2.51. The van der Waals surface area contributed by atoms with Gasteiger partial charge in [0.05, 0.1) is 24.2 Å². The summed E-state index contributed by atoms with van der Waals surface area (Å²) in [5, 5.41) is 2.54. The fourth-order valence-electron chi connectivity index (χ4n) is 6.61. The number of carbonyl (C=O) groups is 2. The summed E-state index contributed by atoms with van der Waals surface area (Å²) in [4.78, 5) is 26.7. The number of hydrogen-bond donors (Lipinski definition) is 1. The highest BCUT2D eigenvalue weighted by molar-refractivity contribution is 5.91. The molecule has 3 saturated heterocycles. The number of quaternary nitrogens is 1. The maximum absolute atomic E-state index is 14.0. The lowest BCUT2D eigenvalue weighted by Crippen LogP contribution is -2.66. The Balaban J connectivity index is 1.30. The van der Waals surface area contributed by atoms with Gasteiger partial charge in [-0.15, -0.1) is 0 Å². The molecule has 7 heteroatoms. The van der Waals surface area contributed by atoms with Crippen LogP contribution < -0.4 is 5.32 Å². The van der Waals surface area contributed by atoms with Crippen molar-refractivity contribution in [2.45, 2.75) is 62.9 Å². The zero-order chi connectivity index (χ0) is 25.2. The number of halogens is 2. The number of esters is 1. The van der Waals surface area contributed by atoms with Gasteiger partial charge >= 0.3 is 5.97 Å². The number of hydrogen-bond acceptors (Lipinski definition) is 3. The first-order chi connectivity index (χ1) is 17.4. The van der Waals surface area contributed by atoms with Crippen molar-refractivity contribution in [1.82, 2.24) is 0 Å². The molecule has 0 spiro atoms. The Bertz CT molecular complexity index is 1090. The van der Waals surface area contributed by atoms with E-state index in [1.54, 1.807) is 0 Å². The van der Waals surface area contributed by atoms with Crippen molar-refractivity contribution in [2.24, 2.45) is 5.92 Å². The Hall–Kier alpha value is -2.80. The highest BCUT2D eigenvalue weighted by Crippen LogP contribution is 2.42. The number of rotatable bonds is 6. The van der Waals surface area contributed by atoms with Crippen LogP contribution in [0.1, 0.15) is 56.9 Å². The third-order valence-corrected chi connectivity index (χ3v) is 8.66. The molecule has 1 aliphatic carbocycles. The number of amides is 1. The van der Waals surface area contributed by atoms with E-state index in [0.717, 1.165) is 88.2 Å². The minimum atomic E-state index is -0.663. The number of piperidine rings is 3. The third-order valence-electron chi connectivity index (χ3n) is 8.66. The number of anilines is 1. The van der Waals surface area contributed by atoms with Gasteiger partial charge in [-0.1, -0.05) is 56.0 Å². The monoisotopic (exact) mass is 497 g/mol. The fourth-order valence-corrected chi connectivity index (χ4v) is 6.61. The van der Waals surface area contributed by atoms with Gasteiger partial charge in [-0.25, -0.2) is 8.78 Å². The molecule has 2 bridgehead atoms. The summed E-state index contributed by atoms with van der Waals surface area (Å²) in [5.74, 6) is -1.44. The topological polar surface area (TPSA) is 55.4 Å². The second kappa shape index (κ2) is 10.3. The van der Waals surface area contributed by atoms with Crippen LogP contribution in [-0.4, -0.2) is 48.6 Å². The highest BCUT2D eigenvalue weighted by atomic mass is 19.1. The van der Waals surface area contributed by atoms with E-state index in [1.165, 1.54) is 0 Å². The van der Waals surface area contributed by atoms with Gasteiger partial charge in [0, 0.05) is 24.8 Å². The Labute approximate surface area is 211 Å². The number of fused-ring (bicyclic) bond motifs is 3. The van der Waals surface area contributed by atoms with Crippen molar-refractivity contribution in [1.29, 1.82) is 0 Å². The average molecular weight is 498 g/mol. The SMILES string of the molecule is O=C(C[N+]12CCC(CC1)[C@@H](OC(=O)C1(c3ccccc3)CCCCCC1)C2)Nc1cc(F)ccc1F. The van der Waals surface area contributed by atoms with Crippen molar-refractivity contribution in [3.05, 3.63) is 65.7 Å². The van der Waals surface area contributed by atoms with Crippen LogP contribution in [-0.2, 0) is 19.7 Å². The first-order valence-corrected chi connectivity index (χ1v) is 13.3. The van der Waals surface area contributed by atoms with Gasteiger partial charge in [-0.3, -0.25) is 9.59 Å². The summed E-state index contributed by atoms with van der Waals surface area (Å²) in [5.41, 5.74) is 0.283. The molecule has 0 unspecified atom stereocenters. The maximum Gasteiger partial charge on any atom is 0.317 e. The largest absolute Gasteiger partial charge is 0.455 e. The van der Waals surface area contributed by atoms with Gasteiger partial charge in [-0.2, -0.15) is 0 Å². The van der Waals surface area contributed by atoms with Crippen molar-refractivity contribution >= 4 is 17.6 Å². The summed E-state index contributed by atoms with van der Waals surface area (Å²) in [6.07, 6.45) is 7.43. The van der Waals surface area contributed by atoms with Gasteiger partial charge in [0.25, 0.3) is 5.91 Å². The molecule has 1 saturated carbocycles. The second-order valence-electron chi connectivity index (χ2n) is 10.9. The smallest absolute Gasteiger partial charge is 0.317 e. The second-order valence-corrected chi connectivity index (χ2v) is 10.9. The molecule has 2 aromatic carbocycles. The quantitative estimate of drug-likeness (QED) is 0.333. The summed E-state index contributed by atoms with van der Waals surface area (Å²) in [6.45, 7) is 2.38. The van der Waals surface area contributed by atoms with Crippen LogP contribution in [0.5, 0.6) is 0 Å². The molecule has 5 nitrogen and oxygen atoms in total. The van der Waals surface area contributed by atoms with Gasteiger partial charge in [-0.05, 0) is 30.5 Å². The molecule has 36 heavy (non-hydrogen) atoms. The molecule has 1 atom stereocenters. The molecule has 4 aliphatic rings. The minimum absolute atomic E-state index is 0.126. The Morgan fingerprint density at radius 2 is 1.67 bits per heavy atom. The summed E-state index contributed by atoms with van der Waals surface area (Å²) < 4.78 is 34.4. The molecule has 0 aromatic heterocycles. The molecular weight excluding hydrogens is 462 g/mol. The van der Waals surface area contributed by atoms with E-state index >= 15 is 0 Å². The zero-order valence-corrected chi connectivity index (χ0v) is 20.7. The summed E-state index contributed by atoms with van der Waals surface area (Å²) >= 11 is 0. The number of benzene rings is 2. The van der Waals surface area contributed by atoms with Crippen LogP contribution >= 0.6 is 0 Å². The molecule has 4 fully saturated rings. The lowest BCUT2D eigenvalue weighted by Gasteiger charge is -2.52. The molecular formula is C29H35F2N2O3+. The Morgan fingerprint density at radius 3 is 2.36 bits per heavy atom. The van der Waals surface area contributed by atoms with Gasteiger partial charge in [0.1, 0.15) is 18.2 Å². The Kier molecular flexibility index (Phi) is 7.11. The lowest BCUT2D eigenvalue weighted by molar-refractivity contribution is -0.939. The van der Waals surface area contributed by atoms with Crippen LogP contribution in [0.4, 0.5) is 14.5 Å². The number of nitrogens with one attached hydrogen (secondary N) is 1. The minimum Gasteiger partial charge on any atom is -0.455 e. The van der Waals surface area contributed by atoms with E-state index in [4.69, 9.17) is 4.74 Å². The van der Waals surface area contributed by atoms with E-state index in [9.17, 15) is 18.4 Å². The third kappa shape index (κ3) is 5.03. The normalized spacial score (nSPS) is 27.2. The summed E-state index contributed by atoms with van der Waals surface area (Å²) in [6, 6.07) is 13.1. The molecule has 192 valence electrons. The van der Waals surface area contributed by atoms with Crippen molar-refractivity contribution in [3.8, 4) is 0 Å². The molecule has 3 heterocycles. The van der Waals surface area contributed by atoms with Crippen LogP contribution in [0.25, 0.3) is 0 Å². The van der Waals surface area contributed by atoms with Crippen molar-refractivity contribution < 1.29 is 27.6 Å². The Morgan fingerprint density at radius 1 is 0.972 bits per heavy atom. The first-order valence-electron chi connectivity index (χ1n) is 13.3. The number of ether oxygens (including phenoxy) is 1. The lowest BCUT2D eigenvalue weighted by atomic mass is 9.74. The van der Waals surface area contributed by atoms with Crippen molar-refractivity contribution in [2.75, 3.05) is 31.5 Å². The number of carbonyl (C=O) groups excluding carboxylic acids is 2. The van der Waals surface area contributed by atoms with Gasteiger partial charge < -0.3 is 14.5 Å². The van der Waals surface area contributed by atoms with E-state index < -0.39 is 17.0 Å². The molecule has 1 amide bonds. The zero-order valence-electron chi connectivity index (χ0n) is 20.7. The van der Waals surface area contributed by atoms with E-state index in [2.05, 4.69) is 5.32 Å². The van der Waals surface area contributed by atoms with E-state index in [-0.39, 0.29) is 30.2 Å². The van der Waals surface area contributed by atoms with E-state index in [1.807, 2.05) is 30.3 Å². The maximum atomic E-state index is 14.0. The molecule has 6 rings (SSSR count). The molecule has 0 radical (unpaired) electrons. The predicted molar refractivity (Wildman–Crippen MR) is 133 cm³/mol. The fraction of sp³-hybridized carbons (Fsp3) is 0.517.